The van der Waals surface area contributed by atoms with Gasteiger partial charge in [-0.3, -0.25) is 4.79 Å². The average molecular weight is 201 g/mol. The minimum Gasteiger partial charge on any atom is -0.263 e. The highest BCUT2D eigenvalue weighted by Gasteiger charge is 2.44. The van der Waals surface area contributed by atoms with Gasteiger partial charge in [-0.2, -0.15) is 10.1 Å². The van der Waals surface area contributed by atoms with Gasteiger partial charge in [-0.1, -0.05) is 18.2 Å². The van der Waals surface area contributed by atoms with E-state index in [0.717, 1.165) is 0 Å². The van der Waals surface area contributed by atoms with Crippen LogP contribution >= 0.6 is 0 Å². The molecule has 0 spiro atoms. The minimum atomic E-state index is -0.856. The molecule has 74 valence electrons. The number of amides is 1. The smallest absolute Gasteiger partial charge is 0.263 e. The van der Waals surface area contributed by atoms with Crippen molar-refractivity contribution in [2.75, 3.05) is 5.01 Å². The lowest BCUT2D eigenvalue weighted by Gasteiger charge is -2.09. The average Bonchev–Trinajstić information content (AvgIpc) is 2.55. The van der Waals surface area contributed by atoms with E-state index < -0.39 is 6.04 Å². The number of hydrazone groups is 1. The summed E-state index contributed by atoms with van der Waals surface area (Å²) in [6.45, 7) is 1.66. The summed E-state index contributed by atoms with van der Waals surface area (Å²) in [5.41, 5.74) is 1.17. The Morgan fingerprint density at radius 1 is 1.40 bits per heavy atom. The first-order chi connectivity index (χ1) is 7.24. The number of hydrogen-bond donors (Lipinski definition) is 0. The number of benzene rings is 1. The number of hydrogen-bond acceptors (Lipinski definition) is 3. The Morgan fingerprint density at radius 3 is 2.60 bits per heavy atom. The molecule has 0 radical (unpaired) electrons. The van der Waals surface area contributed by atoms with Gasteiger partial charge in [0, 0.05) is 0 Å². The van der Waals surface area contributed by atoms with Crippen LogP contribution in [0, 0.1) is 5.39 Å². The predicted octanol–water partition coefficient (Wildman–Crippen LogP) is 1.63. The largest absolute Gasteiger partial charge is 0.431 e. The molecule has 1 aromatic rings. The molecule has 0 fully saturated rings. The van der Waals surface area contributed by atoms with E-state index in [4.69, 9.17) is 5.39 Å². The summed E-state index contributed by atoms with van der Waals surface area (Å²) in [5, 5.41) is 14.0. The van der Waals surface area contributed by atoms with Crippen molar-refractivity contribution >= 4 is 17.3 Å². The van der Waals surface area contributed by atoms with Crippen molar-refractivity contribution in [2.24, 2.45) is 5.10 Å². The Morgan fingerprint density at radius 2 is 2.07 bits per heavy atom. The number of para-hydroxylation sites is 1. The number of carbonyl (C=O) groups excluding carboxylic acids is 1. The maximum Gasteiger partial charge on any atom is 0.431 e. The molecular formula is C10H9N4O+. The lowest BCUT2D eigenvalue weighted by atomic mass is 10.2. The lowest BCUT2D eigenvalue weighted by Crippen LogP contribution is -2.28. The number of rotatable bonds is 1. The molecule has 0 saturated carbocycles. The molecule has 1 aliphatic heterocycles. The normalized spacial score (nSPS) is 20.0. The highest BCUT2D eigenvalue weighted by Crippen LogP contribution is 2.21. The van der Waals surface area contributed by atoms with Crippen molar-refractivity contribution in [2.45, 2.75) is 13.0 Å². The Kier molecular flexibility index (Phi) is 2.18. The first-order valence-corrected chi connectivity index (χ1v) is 4.52. The summed E-state index contributed by atoms with van der Waals surface area (Å²) in [6, 6.07) is 8.18. The van der Waals surface area contributed by atoms with Crippen molar-refractivity contribution in [3.05, 3.63) is 35.3 Å². The fourth-order valence-electron chi connectivity index (χ4n) is 1.44. The molecule has 2 rings (SSSR count). The van der Waals surface area contributed by atoms with Crippen molar-refractivity contribution in [1.82, 2.24) is 0 Å². The van der Waals surface area contributed by atoms with Crippen LogP contribution in [-0.2, 0) is 4.79 Å². The van der Waals surface area contributed by atoms with Gasteiger partial charge in [0.1, 0.15) is 10.7 Å². The molecule has 0 aromatic heterocycles. The number of nitrogens with zero attached hydrogens (tertiary/aromatic N) is 4. The monoisotopic (exact) mass is 201 g/mol. The Hall–Kier alpha value is -2.22. The molecule has 5 nitrogen and oxygen atoms in total. The molecule has 1 unspecified atom stereocenters. The molecule has 1 heterocycles. The lowest BCUT2D eigenvalue weighted by molar-refractivity contribution is -0.117. The SMILES string of the molecule is CC1=NN(c2ccccc2)C(=O)C1[N+]#N. The van der Waals surface area contributed by atoms with Crippen LogP contribution < -0.4 is 5.01 Å². The topological polar surface area (TPSA) is 60.8 Å². The molecule has 1 aliphatic rings. The van der Waals surface area contributed by atoms with Crippen LogP contribution in [0.1, 0.15) is 6.92 Å². The van der Waals surface area contributed by atoms with E-state index in [0.29, 0.717) is 11.4 Å². The van der Waals surface area contributed by atoms with Crippen LogP contribution in [0.3, 0.4) is 0 Å². The molecule has 0 bridgehead atoms. The summed E-state index contributed by atoms with van der Waals surface area (Å²) < 4.78 is 0. The summed E-state index contributed by atoms with van der Waals surface area (Å²) in [7, 11) is 0. The van der Waals surface area contributed by atoms with Crippen LogP contribution in [0.15, 0.2) is 35.4 Å². The van der Waals surface area contributed by atoms with E-state index in [1.807, 2.05) is 18.2 Å². The maximum atomic E-state index is 11.7. The summed E-state index contributed by atoms with van der Waals surface area (Å²) in [6.07, 6.45) is 0. The molecule has 0 N–H and O–H groups in total. The summed E-state index contributed by atoms with van der Waals surface area (Å²) >= 11 is 0. The number of anilines is 1. The van der Waals surface area contributed by atoms with Gasteiger partial charge in [-0.05, 0) is 19.1 Å². The van der Waals surface area contributed by atoms with Crippen molar-refractivity contribution in [1.29, 1.82) is 5.39 Å². The Bertz CT molecular complexity index is 460. The second-order valence-corrected chi connectivity index (χ2v) is 3.24. The standard InChI is InChI=1S/C10H9N4O/c1-7-9(12-11)10(15)14(13-7)8-5-3-2-4-6-8/h2-6,9H,1H3/q+1. The molecule has 0 aliphatic carbocycles. The van der Waals surface area contributed by atoms with Crippen LogP contribution in [-0.4, -0.2) is 17.7 Å². The summed E-state index contributed by atoms with van der Waals surface area (Å²) in [5.74, 6) is -0.332. The zero-order valence-corrected chi connectivity index (χ0v) is 8.16. The van der Waals surface area contributed by atoms with Gasteiger partial charge in [-0.15, -0.1) is 0 Å². The van der Waals surface area contributed by atoms with E-state index in [9.17, 15) is 4.79 Å². The first kappa shape index (κ1) is 9.34. The highest BCUT2D eigenvalue weighted by molar-refractivity contribution is 6.19. The minimum absolute atomic E-state index is 0.332. The Labute approximate surface area is 86.6 Å². The molecule has 15 heavy (non-hydrogen) atoms. The van der Waals surface area contributed by atoms with Gasteiger partial charge in [0.15, 0.2) is 0 Å². The fraction of sp³-hybridized carbons (Fsp3) is 0.200. The first-order valence-electron chi connectivity index (χ1n) is 4.52. The number of diazo groups is 1. The van der Waals surface area contributed by atoms with E-state index in [2.05, 4.69) is 10.1 Å². The van der Waals surface area contributed by atoms with Gasteiger partial charge in [0.05, 0.1) is 5.69 Å². The predicted molar refractivity (Wildman–Crippen MR) is 55.9 cm³/mol. The van der Waals surface area contributed by atoms with E-state index in [1.54, 1.807) is 19.1 Å². The van der Waals surface area contributed by atoms with E-state index in [-0.39, 0.29) is 5.91 Å². The second kappa shape index (κ2) is 3.50. The third-order valence-electron chi connectivity index (χ3n) is 2.21. The molecule has 1 amide bonds. The van der Waals surface area contributed by atoms with Gasteiger partial charge >= 0.3 is 11.9 Å². The van der Waals surface area contributed by atoms with Crippen LogP contribution in [0.25, 0.3) is 4.98 Å². The van der Waals surface area contributed by atoms with Crippen molar-refractivity contribution < 1.29 is 4.79 Å². The summed E-state index contributed by atoms with van der Waals surface area (Å²) in [4.78, 5) is 14.7. The molecule has 5 heteroatoms. The van der Waals surface area contributed by atoms with Gasteiger partial charge in [0.25, 0.3) is 0 Å². The van der Waals surface area contributed by atoms with Crippen molar-refractivity contribution in [3.63, 3.8) is 0 Å². The molecule has 1 aromatic carbocycles. The molecule has 0 saturated heterocycles. The third kappa shape index (κ3) is 1.46. The Balaban J connectivity index is 2.36. The molecular weight excluding hydrogens is 192 g/mol. The van der Waals surface area contributed by atoms with Gasteiger partial charge in [0.2, 0.25) is 5.39 Å². The van der Waals surface area contributed by atoms with E-state index >= 15 is 0 Å². The van der Waals surface area contributed by atoms with Crippen LogP contribution in [0.2, 0.25) is 0 Å². The second-order valence-electron chi connectivity index (χ2n) is 3.24. The molecule has 1 atom stereocenters. The fourth-order valence-corrected chi connectivity index (χ4v) is 1.44. The third-order valence-corrected chi connectivity index (χ3v) is 2.21. The zero-order chi connectivity index (χ0) is 10.8. The number of carbonyl (C=O) groups is 1. The van der Waals surface area contributed by atoms with Gasteiger partial charge < -0.3 is 0 Å². The maximum absolute atomic E-state index is 11.7. The van der Waals surface area contributed by atoms with E-state index in [1.165, 1.54) is 5.01 Å². The van der Waals surface area contributed by atoms with Gasteiger partial charge in [-0.25, -0.2) is 0 Å². The van der Waals surface area contributed by atoms with Crippen LogP contribution in [0.4, 0.5) is 5.69 Å². The van der Waals surface area contributed by atoms with Crippen molar-refractivity contribution in [3.8, 4) is 0 Å². The highest BCUT2D eigenvalue weighted by atomic mass is 16.2. The zero-order valence-electron chi connectivity index (χ0n) is 8.16. The van der Waals surface area contributed by atoms with Crippen LogP contribution in [0.5, 0.6) is 0 Å². The quantitative estimate of drug-likeness (QED) is 0.648.